The van der Waals surface area contributed by atoms with Crippen molar-refractivity contribution in [2.45, 2.75) is 70.1 Å². The lowest BCUT2D eigenvalue weighted by molar-refractivity contribution is -0.142. The van der Waals surface area contributed by atoms with Crippen molar-refractivity contribution in [3.05, 3.63) is 18.2 Å². The Morgan fingerprint density at radius 2 is 1.60 bits per heavy atom. The van der Waals surface area contributed by atoms with Crippen LogP contribution < -0.4 is 33.2 Å². The van der Waals surface area contributed by atoms with Crippen LogP contribution in [-0.4, -0.2) is 75.4 Å². The molecule has 0 spiro atoms. The Hall–Kier alpha value is -3.52. The molecule has 1 aromatic heterocycles. The third-order valence-corrected chi connectivity index (χ3v) is 5.23. The molecule has 4 amide bonds. The van der Waals surface area contributed by atoms with Gasteiger partial charge in [0.05, 0.1) is 18.8 Å². The lowest BCUT2D eigenvalue weighted by atomic mass is 10.0. The van der Waals surface area contributed by atoms with Gasteiger partial charge in [0, 0.05) is 18.3 Å². The van der Waals surface area contributed by atoms with Crippen LogP contribution in [0.3, 0.4) is 0 Å². The van der Waals surface area contributed by atoms with E-state index < -0.39 is 60.2 Å². The molecule has 11 N–H and O–H groups in total. The number of carboxylic acid groups (broad SMARTS) is 1. The first kappa shape index (κ1) is 29.5. The van der Waals surface area contributed by atoms with E-state index in [1.165, 1.54) is 12.5 Å². The number of nitrogens with one attached hydrogen (secondary N) is 4. The second kappa shape index (κ2) is 14.7. The molecule has 0 saturated heterocycles. The molecule has 35 heavy (non-hydrogen) atoms. The zero-order valence-electron chi connectivity index (χ0n) is 20.0. The van der Waals surface area contributed by atoms with Crippen LogP contribution in [0.5, 0.6) is 0 Å². The third kappa shape index (κ3) is 10.5. The van der Waals surface area contributed by atoms with Gasteiger partial charge >= 0.3 is 5.97 Å². The Morgan fingerprint density at radius 1 is 1.00 bits per heavy atom. The van der Waals surface area contributed by atoms with Crippen molar-refractivity contribution in [3.8, 4) is 0 Å². The van der Waals surface area contributed by atoms with Gasteiger partial charge in [0.15, 0.2) is 0 Å². The van der Waals surface area contributed by atoms with Crippen molar-refractivity contribution in [1.82, 2.24) is 25.9 Å². The van der Waals surface area contributed by atoms with E-state index in [1.54, 1.807) is 13.8 Å². The largest absolute Gasteiger partial charge is 0.480 e. The maximum Gasteiger partial charge on any atom is 0.326 e. The average molecular weight is 497 g/mol. The van der Waals surface area contributed by atoms with Gasteiger partial charge in [-0.25, -0.2) is 9.78 Å². The van der Waals surface area contributed by atoms with E-state index in [9.17, 15) is 29.1 Å². The maximum atomic E-state index is 12.9. The van der Waals surface area contributed by atoms with Crippen LogP contribution >= 0.6 is 0 Å². The number of carbonyl (C=O) groups excluding carboxylic acids is 4. The predicted octanol–water partition coefficient (Wildman–Crippen LogP) is -2.52. The topological polar surface area (TPSA) is 248 Å². The molecule has 1 aromatic rings. The fourth-order valence-electron chi connectivity index (χ4n) is 3.10. The summed E-state index contributed by atoms with van der Waals surface area (Å²) in [5, 5.41) is 16.8. The smallest absolute Gasteiger partial charge is 0.326 e. The number of nitrogens with zero attached hydrogens (tertiary/aromatic N) is 1. The van der Waals surface area contributed by atoms with Crippen molar-refractivity contribution in [1.29, 1.82) is 0 Å². The number of nitrogens with two attached hydrogens (primary N) is 3. The highest BCUT2D eigenvalue weighted by Gasteiger charge is 2.31. The van der Waals surface area contributed by atoms with Crippen LogP contribution in [-0.2, 0) is 30.4 Å². The van der Waals surface area contributed by atoms with Crippen molar-refractivity contribution < 1.29 is 29.1 Å². The number of rotatable bonds is 16. The number of carboxylic acids is 1. The first-order chi connectivity index (χ1) is 16.5. The summed E-state index contributed by atoms with van der Waals surface area (Å²) in [6.07, 6.45) is 3.40. The number of primary amides is 1. The third-order valence-electron chi connectivity index (χ3n) is 5.23. The number of aromatic nitrogens is 2. The zero-order chi connectivity index (χ0) is 26.5. The summed E-state index contributed by atoms with van der Waals surface area (Å²) >= 11 is 0. The number of hydrogen-bond acceptors (Lipinski definition) is 8. The first-order valence-electron chi connectivity index (χ1n) is 11.3. The Bertz CT molecular complexity index is 860. The van der Waals surface area contributed by atoms with E-state index in [2.05, 4.69) is 25.9 Å². The molecule has 0 aromatic carbocycles. The zero-order valence-corrected chi connectivity index (χ0v) is 20.0. The highest BCUT2D eigenvalue weighted by Crippen LogP contribution is 2.06. The lowest BCUT2D eigenvalue weighted by Crippen LogP contribution is -2.58. The van der Waals surface area contributed by atoms with Gasteiger partial charge in [-0.1, -0.05) is 13.8 Å². The number of unbranched alkanes of at least 4 members (excludes halogenated alkanes) is 1. The number of aromatic amines is 1. The van der Waals surface area contributed by atoms with Gasteiger partial charge in [0.2, 0.25) is 23.6 Å². The minimum Gasteiger partial charge on any atom is -0.480 e. The van der Waals surface area contributed by atoms with E-state index in [0.717, 1.165) is 0 Å². The summed E-state index contributed by atoms with van der Waals surface area (Å²) in [7, 11) is 0. The van der Waals surface area contributed by atoms with Crippen molar-refractivity contribution in [2.75, 3.05) is 6.54 Å². The van der Waals surface area contributed by atoms with Gasteiger partial charge < -0.3 is 43.2 Å². The summed E-state index contributed by atoms with van der Waals surface area (Å²) < 4.78 is 0. The maximum absolute atomic E-state index is 12.9. The molecule has 0 bridgehead atoms. The second-order valence-electron chi connectivity index (χ2n) is 8.53. The second-order valence-corrected chi connectivity index (χ2v) is 8.53. The van der Waals surface area contributed by atoms with Crippen LogP contribution in [0, 0.1) is 5.92 Å². The SMILES string of the molecule is CC(C)C(N)C(=O)NC(CC(N)=O)C(=O)NC(CCCCN)C(=O)NC(Cc1cnc[nH]1)C(=O)O. The molecular weight excluding hydrogens is 460 g/mol. The molecule has 4 unspecified atom stereocenters. The minimum absolute atomic E-state index is 0.0576. The average Bonchev–Trinajstić information content (AvgIpc) is 3.29. The number of carbonyl (C=O) groups is 5. The Kier molecular flexibility index (Phi) is 12.4. The van der Waals surface area contributed by atoms with E-state index in [4.69, 9.17) is 17.2 Å². The molecule has 0 aliphatic heterocycles. The summed E-state index contributed by atoms with van der Waals surface area (Å²) in [5.74, 6) is -4.59. The summed E-state index contributed by atoms with van der Waals surface area (Å²) in [4.78, 5) is 68.0. The number of aliphatic carboxylic acids is 1. The number of H-pyrrole nitrogens is 1. The van der Waals surface area contributed by atoms with Crippen LogP contribution in [0.4, 0.5) is 0 Å². The molecule has 14 nitrogen and oxygen atoms in total. The van der Waals surface area contributed by atoms with Crippen LogP contribution in [0.15, 0.2) is 12.5 Å². The number of amides is 4. The lowest BCUT2D eigenvalue weighted by Gasteiger charge is -2.25. The summed E-state index contributed by atoms with van der Waals surface area (Å²) in [6, 6.07) is -4.73. The van der Waals surface area contributed by atoms with Crippen molar-refractivity contribution in [3.63, 3.8) is 0 Å². The van der Waals surface area contributed by atoms with Gasteiger partial charge in [0.1, 0.15) is 18.1 Å². The van der Waals surface area contributed by atoms with Gasteiger partial charge in [-0.15, -0.1) is 0 Å². The van der Waals surface area contributed by atoms with Gasteiger partial charge in [-0.2, -0.15) is 0 Å². The Balaban J connectivity index is 3.00. The fourth-order valence-corrected chi connectivity index (χ4v) is 3.10. The first-order valence-corrected chi connectivity index (χ1v) is 11.3. The van der Waals surface area contributed by atoms with Gasteiger partial charge in [-0.3, -0.25) is 19.2 Å². The molecule has 4 atom stereocenters. The molecule has 14 heteroatoms. The highest BCUT2D eigenvalue weighted by atomic mass is 16.4. The molecule has 0 saturated carbocycles. The molecule has 196 valence electrons. The molecule has 0 aliphatic carbocycles. The van der Waals surface area contributed by atoms with Crippen molar-refractivity contribution >= 4 is 29.6 Å². The Morgan fingerprint density at radius 3 is 2.11 bits per heavy atom. The molecule has 1 rings (SSSR count). The molecular formula is C21H36N8O6. The van der Waals surface area contributed by atoms with Gasteiger partial charge in [-0.05, 0) is 31.7 Å². The highest BCUT2D eigenvalue weighted by molar-refractivity contribution is 5.96. The van der Waals surface area contributed by atoms with E-state index in [0.29, 0.717) is 25.1 Å². The minimum atomic E-state index is -1.37. The molecule has 1 heterocycles. The number of hydrogen-bond donors (Lipinski definition) is 8. The van der Waals surface area contributed by atoms with Crippen LogP contribution in [0.1, 0.15) is 45.2 Å². The monoisotopic (exact) mass is 496 g/mol. The predicted molar refractivity (Wildman–Crippen MR) is 125 cm³/mol. The summed E-state index contributed by atoms with van der Waals surface area (Å²) in [6.45, 7) is 3.79. The normalized spacial score (nSPS) is 14.4. The standard InChI is InChI=1S/C21H36N8O6/c1-11(2)17(24)20(33)28-14(8-16(23)30)19(32)27-13(5-3-4-6-22)18(31)29-15(21(34)35)7-12-9-25-10-26-12/h9-11,13-15,17H,3-8,22,24H2,1-2H3,(H2,23,30)(H,25,26)(H,27,32)(H,28,33)(H,29,31)(H,34,35). The van der Waals surface area contributed by atoms with E-state index >= 15 is 0 Å². The Labute approximate surface area is 203 Å². The van der Waals surface area contributed by atoms with Crippen molar-refractivity contribution in [2.24, 2.45) is 23.1 Å². The van der Waals surface area contributed by atoms with Crippen LogP contribution in [0.25, 0.3) is 0 Å². The number of imidazole rings is 1. The molecule has 0 fully saturated rings. The molecule has 0 aliphatic rings. The van der Waals surface area contributed by atoms with E-state index in [1.807, 2.05) is 0 Å². The van der Waals surface area contributed by atoms with Crippen LogP contribution in [0.2, 0.25) is 0 Å². The van der Waals surface area contributed by atoms with E-state index in [-0.39, 0.29) is 18.8 Å². The molecule has 0 radical (unpaired) electrons. The van der Waals surface area contributed by atoms with Gasteiger partial charge in [0.25, 0.3) is 0 Å². The summed E-state index contributed by atoms with van der Waals surface area (Å²) in [5.41, 5.74) is 17.0. The quantitative estimate of drug-likeness (QED) is 0.112. The fraction of sp³-hybridized carbons (Fsp3) is 0.619.